The minimum Gasteiger partial charge on any atom is -0.376 e. The average molecular weight is 256 g/mol. The predicted octanol–water partition coefficient (Wildman–Crippen LogP) is 2.50. The largest absolute Gasteiger partial charge is 0.376 e. The molecular formula is C15H32N2O. The van der Waals surface area contributed by atoms with Gasteiger partial charge < -0.3 is 10.5 Å². The van der Waals surface area contributed by atoms with Gasteiger partial charge in [0.15, 0.2) is 0 Å². The minimum absolute atomic E-state index is 0.341. The van der Waals surface area contributed by atoms with E-state index in [1.807, 2.05) is 0 Å². The van der Waals surface area contributed by atoms with Gasteiger partial charge in [0.2, 0.25) is 0 Å². The number of morpholine rings is 1. The Morgan fingerprint density at radius 1 is 1.33 bits per heavy atom. The zero-order valence-electron chi connectivity index (χ0n) is 12.9. The maximum Gasteiger partial charge on any atom is 0.0674 e. The van der Waals surface area contributed by atoms with Crippen LogP contribution in [0.1, 0.15) is 47.5 Å². The van der Waals surface area contributed by atoms with E-state index in [9.17, 15) is 0 Å². The Bertz CT molecular complexity index is 233. The van der Waals surface area contributed by atoms with Crippen molar-refractivity contribution in [2.45, 2.75) is 65.6 Å². The number of hydrogen-bond acceptors (Lipinski definition) is 3. The lowest BCUT2D eigenvalue weighted by Gasteiger charge is -2.45. The lowest BCUT2D eigenvalue weighted by molar-refractivity contribution is -0.0798. The molecule has 1 heterocycles. The highest BCUT2D eigenvalue weighted by atomic mass is 16.5. The van der Waals surface area contributed by atoms with Gasteiger partial charge >= 0.3 is 0 Å². The molecule has 18 heavy (non-hydrogen) atoms. The normalized spacial score (nSPS) is 29.5. The van der Waals surface area contributed by atoms with Gasteiger partial charge in [-0.3, -0.25) is 4.90 Å². The van der Waals surface area contributed by atoms with Crippen LogP contribution in [0.4, 0.5) is 0 Å². The zero-order valence-corrected chi connectivity index (χ0v) is 12.9. The maximum atomic E-state index is 6.06. The van der Waals surface area contributed by atoms with Gasteiger partial charge in [-0.05, 0) is 31.6 Å². The first-order chi connectivity index (χ1) is 8.49. The molecule has 0 aliphatic carbocycles. The van der Waals surface area contributed by atoms with Gasteiger partial charge in [-0.1, -0.05) is 27.7 Å². The summed E-state index contributed by atoms with van der Waals surface area (Å²) in [7, 11) is 0. The molecule has 0 aromatic carbocycles. The van der Waals surface area contributed by atoms with Gasteiger partial charge in [0.1, 0.15) is 0 Å². The highest BCUT2D eigenvalue weighted by molar-refractivity contribution is 4.87. The predicted molar refractivity (Wildman–Crippen MR) is 77.7 cm³/mol. The highest BCUT2D eigenvalue weighted by Crippen LogP contribution is 2.24. The zero-order chi connectivity index (χ0) is 13.7. The van der Waals surface area contributed by atoms with Crippen LogP contribution >= 0.6 is 0 Å². The van der Waals surface area contributed by atoms with E-state index < -0.39 is 0 Å². The fourth-order valence-electron chi connectivity index (χ4n) is 3.22. The average Bonchev–Trinajstić information content (AvgIpc) is 2.29. The van der Waals surface area contributed by atoms with Crippen molar-refractivity contribution in [3.8, 4) is 0 Å². The molecule has 0 spiro atoms. The molecule has 4 unspecified atom stereocenters. The van der Waals surface area contributed by atoms with Gasteiger partial charge in [0.25, 0.3) is 0 Å². The summed E-state index contributed by atoms with van der Waals surface area (Å²) in [6.07, 6.45) is 2.75. The maximum absolute atomic E-state index is 6.06. The molecule has 1 aliphatic heterocycles. The molecule has 1 aliphatic rings. The Labute approximate surface area is 113 Å². The SMILES string of the molecule is CCC1COC(C)CN1C(CN)C(C)CC(C)C. The van der Waals surface area contributed by atoms with Crippen LogP contribution in [0.15, 0.2) is 0 Å². The van der Waals surface area contributed by atoms with Crippen LogP contribution < -0.4 is 5.73 Å². The summed E-state index contributed by atoms with van der Waals surface area (Å²) in [5, 5.41) is 0. The molecule has 1 fully saturated rings. The molecule has 0 bridgehead atoms. The lowest BCUT2D eigenvalue weighted by atomic mass is 9.89. The van der Waals surface area contributed by atoms with Crippen LogP contribution in [0, 0.1) is 11.8 Å². The molecule has 1 rings (SSSR count). The molecule has 3 heteroatoms. The van der Waals surface area contributed by atoms with Crippen molar-refractivity contribution in [2.75, 3.05) is 19.7 Å². The van der Waals surface area contributed by atoms with Crippen LogP contribution in [0.5, 0.6) is 0 Å². The fourth-order valence-corrected chi connectivity index (χ4v) is 3.22. The first-order valence-electron chi connectivity index (χ1n) is 7.56. The molecule has 2 N–H and O–H groups in total. The molecule has 0 radical (unpaired) electrons. The second-order valence-electron chi connectivity index (χ2n) is 6.31. The van der Waals surface area contributed by atoms with Crippen molar-refractivity contribution in [3.05, 3.63) is 0 Å². The van der Waals surface area contributed by atoms with E-state index in [0.29, 0.717) is 24.1 Å². The quantitative estimate of drug-likeness (QED) is 0.793. The molecule has 0 aromatic heterocycles. The van der Waals surface area contributed by atoms with E-state index in [4.69, 9.17) is 10.5 Å². The van der Waals surface area contributed by atoms with Crippen LogP contribution in [0.25, 0.3) is 0 Å². The first kappa shape index (κ1) is 15.9. The summed E-state index contributed by atoms with van der Waals surface area (Å²) in [6, 6.07) is 1.05. The fraction of sp³-hybridized carbons (Fsp3) is 1.00. The van der Waals surface area contributed by atoms with E-state index in [0.717, 1.165) is 32.0 Å². The van der Waals surface area contributed by atoms with E-state index >= 15 is 0 Å². The topological polar surface area (TPSA) is 38.5 Å². The number of nitrogens with two attached hydrogens (primary N) is 1. The van der Waals surface area contributed by atoms with Crippen LogP contribution in [-0.2, 0) is 4.74 Å². The molecule has 0 saturated carbocycles. The first-order valence-corrected chi connectivity index (χ1v) is 7.56. The molecule has 0 aromatic rings. The van der Waals surface area contributed by atoms with Crippen molar-refractivity contribution in [3.63, 3.8) is 0 Å². The minimum atomic E-state index is 0.341. The number of hydrogen-bond donors (Lipinski definition) is 1. The van der Waals surface area contributed by atoms with Crippen molar-refractivity contribution in [1.82, 2.24) is 4.90 Å². The summed E-state index contributed by atoms with van der Waals surface area (Å²) >= 11 is 0. The van der Waals surface area contributed by atoms with E-state index in [2.05, 4.69) is 39.5 Å². The van der Waals surface area contributed by atoms with Crippen LogP contribution in [0.2, 0.25) is 0 Å². The Hall–Kier alpha value is -0.120. The van der Waals surface area contributed by atoms with Gasteiger partial charge in [-0.25, -0.2) is 0 Å². The highest BCUT2D eigenvalue weighted by Gasteiger charge is 2.33. The van der Waals surface area contributed by atoms with Crippen LogP contribution in [-0.4, -0.2) is 42.8 Å². The van der Waals surface area contributed by atoms with Crippen molar-refractivity contribution >= 4 is 0 Å². The standard InChI is InChI=1S/C15H32N2O/c1-6-14-10-18-13(5)9-17(14)15(8-16)12(4)7-11(2)3/h11-15H,6-10,16H2,1-5H3. The summed E-state index contributed by atoms with van der Waals surface area (Å²) in [5.74, 6) is 1.40. The van der Waals surface area contributed by atoms with Crippen LogP contribution in [0.3, 0.4) is 0 Å². The molecule has 0 amide bonds. The smallest absolute Gasteiger partial charge is 0.0674 e. The number of rotatable bonds is 6. The summed E-state index contributed by atoms with van der Waals surface area (Å²) < 4.78 is 5.78. The van der Waals surface area contributed by atoms with E-state index in [-0.39, 0.29) is 0 Å². The second kappa shape index (κ2) is 7.46. The molecule has 1 saturated heterocycles. The molecule has 3 nitrogen and oxygen atoms in total. The van der Waals surface area contributed by atoms with E-state index in [1.54, 1.807) is 0 Å². The lowest BCUT2D eigenvalue weighted by Crippen LogP contribution is -2.57. The summed E-state index contributed by atoms with van der Waals surface area (Å²) in [6.45, 7) is 14.0. The van der Waals surface area contributed by atoms with E-state index in [1.165, 1.54) is 6.42 Å². The third-order valence-corrected chi connectivity index (χ3v) is 4.15. The second-order valence-corrected chi connectivity index (χ2v) is 6.31. The Balaban J connectivity index is 2.70. The monoisotopic (exact) mass is 256 g/mol. The van der Waals surface area contributed by atoms with Crippen molar-refractivity contribution < 1.29 is 4.74 Å². The third-order valence-electron chi connectivity index (χ3n) is 4.15. The third kappa shape index (κ3) is 4.22. The molecule has 4 atom stereocenters. The van der Waals surface area contributed by atoms with Gasteiger partial charge in [0, 0.05) is 25.2 Å². The summed E-state index contributed by atoms with van der Waals surface area (Å²) in [5.41, 5.74) is 6.06. The molecule has 108 valence electrons. The van der Waals surface area contributed by atoms with Gasteiger partial charge in [-0.2, -0.15) is 0 Å². The Kier molecular flexibility index (Phi) is 6.61. The van der Waals surface area contributed by atoms with Gasteiger partial charge in [0.05, 0.1) is 12.7 Å². The van der Waals surface area contributed by atoms with Gasteiger partial charge in [-0.15, -0.1) is 0 Å². The van der Waals surface area contributed by atoms with Crippen molar-refractivity contribution in [1.29, 1.82) is 0 Å². The Morgan fingerprint density at radius 3 is 2.50 bits per heavy atom. The number of ether oxygens (including phenoxy) is 1. The van der Waals surface area contributed by atoms with Crippen molar-refractivity contribution in [2.24, 2.45) is 17.6 Å². The summed E-state index contributed by atoms with van der Waals surface area (Å²) in [4.78, 5) is 2.61. The Morgan fingerprint density at radius 2 is 2.00 bits per heavy atom. The molecular weight excluding hydrogens is 224 g/mol. The number of nitrogens with zero attached hydrogens (tertiary/aromatic N) is 1.